The lowest BCUT2D eigenvalue weighted by Crippen LogP contribution is -2.53. The molecule has 2 heterocycles. The molecule has 1 N–H and O–H groups in total. The van der Waals surface area contributed by atoms with Crippen LogP contribution in [0.5, 0.6) is 0 Å². The second kappa shape index (κ2) is 4.40. The Kier molecular flexibility index (Phi) is 3.19. The van der Waals surface area contributed by atoms with Crippen LogP contribution in [0, 0.1) is 0 Å². The SMILES string of the molecule is CN1CCCC(N2CCNCC2)C1. The highest BCUT2D eigenvalue weighted by Gasteiger charge is 2.24. The molecule has 0 spiro atoms. The molecule has 76 valence electrons. The zero-order chi connectivity index (χ0) is 9.10. The molecule has 0 aromatic carbocycles. The molecular formula is C10H21N3. The minimum absolute atomic E-state index is 0.834. The summed E-state index contributed by atoms with van der Waals surface area (Å²) < 4.78 is 0. The van der Waals surface area contributed by atoms with Gasteiger partial charge in [0.15, 0.2) is 0 Å². The van der Waals surface area contributed by atoms with E-state index in [1.807, 2.05) is 0 Å². The van der Waals surface area contributed by atoms with Crippen LogP contribution in [0.15, 0.2) is 0 Å². The summed E-state index contributed by atoms with van der Waals surface area (Å²) >= 11 is 0. The van der Waals surface area contributed by atoms with E-state index < -0.39 is 0 Å². The molecule has 0 saturated carbocycles. The molecule has 2 aliphatic rings. The first-order chi connectivity index (χ1) is 6.36. The van der Waals surface area contributed by atoms with E-state index in [4.69, 9.17) is 0 Å². The zero-order valence-corrected chi connectivity index (χ0v) is 8.63. The Balaban J connectivity index is 1.83. The Bertz CT molecular complexity index is 154. The van der Waals surface area contributed by atoms with Crippen molar-refractivity contribution in [1.29, 1.82) is 0 Å². The maximum atomic E-state index is 3.41. The lowest BCUT2D eigenvalue weighted by atomic mass is 10.0. The predicted octanol–water partition coefficient (Wildman–Crippen LogP) is -0.0142. The first-order valence-electron chi connectivity index (χ1n) is 5.49. The average molecular weight is 183 g/mol. The van der Waals surface area contributed by atoms with Crippen molar-refractivity contribution in [3.05, 3.63) is 0 Å². The van der Waals surface area contributed by atoms with Crippen LogP contribution in [-0.4, -0.2) is 62.2 Å². The third-order valence-corrected chi connectivity index (χ3v) is 3.27. The van der Waals surface area contributed by atoms with Gasteiger partial charge in [0.1, 0.15) is 0 Å². The molecule has 1 atom stereocenters. The van der Waals surface area contributed by atoms with Crippen molar-refractivity contribution in [1.82, 2.24) is 15.1 Å². The maximum Gasteiger partial charge on any atom is 0.0224 e. The highest BCUT2D eigenvalue weighted by molar-refractivity contribution is 4.81. The summed E-state index contributed by atoms with van der Waals surface area (Å²) in [5.74, 6) is 0. The molecule has 3 nitrogen and oxygen atoms in total. The molecular weight excluding hydrogens is 162 g/mol. The summed E-state index contributed by atoms with van der Waals surface area (Å²) in [6.07, 6.45) is 2.79. The van der Waals surface area contributed by atoms with E-state index in [0.29, 0.717) is 0 Å². The van der Waals surface area contributed by atoms with Crippen LogP contribution < -0.4 is 5.32 Å². The van der Waals surface area contributed by atoms with Crippen molar-refractivity contribution in [3.8, 4) is 0 Å². The monoisotopic (exact) mass is 183 g/mol. The molecule has 0 aromatic heterocycles. The normalized spacial score (nSPS) is 33.5. The Hall–Kier alpha value is -0.120. The zero-order valence-electron chi connectivity index (χ0n) is 8.63. The van der Waals surface area contributed by atoms with Crippen molar-refractivity contribution in [3.63, 3.8) is 0 Å². The molecule has 2 fully saturated rings. The van der Waals surface area contributed by atoms with Crippen LogP contribution in [-0.2, 0) is 0 Å². The van der Waals surface area contributed by atoms with Crippen molar-refractivity contribution in [2.45, 2.75) is 18.9 Å². The quantitative estimate of drug-likeness (QED) is 0.616. The van der Waals surface area contributed by atoms with Gasteiger partial charge in [0.25, 0.3) is 0 Å². The van der Waals surface area contributed by atoms with Crippen LogP contribution in [0.25, 0.3) is 0 Å². The van der Waals surface area contributed by atoms with Crippen molar-refractivity contribution < 1.29 is 0 Å². The molecule has 0 bridgehead atoms. The van der Waals surface area contributed by atoms with Crippen LogP contribution in [0.4, 0.5) is 0 Å². The van der Waals surface area contributed by atoms with Gasteiger partial charge in [0, 0.05) is 38.8 Å². The molecule has 3 heteroatoms. The minimum atomic E-state index is 0.834. The van der Waals surface area contributed by atoms with Crippen LogP contribution in [0.3, 0.4) is 0 Å². The fourth-order valence-corrected chi connectivity index (χ4v) is 2.48. The standard InChI is InChI=1S/C10H21N3/c1-12-6-2-3-10(9-12)13-7-4-11-5-8-13/h10-11H,2-9H2,1H3. The number of piperazine rings is 1. The van der Waals surface area contributed by atoms with E-state index >= 15 is 0 Å². The molecule has 2 saturated heterocycles. The Morgan fingerprint density at radius 2 is 1.92 bits per heavy atom. The molecule has 2 aliphatic heterocycles. The number of likely N-dealkylation sites (tertiary alicyclic amines) is 1. The summed E-state index contributed by atoms with van der Waals surface area (Å²) in [5.41, 5.74) is 0. The fourth-order valence-electron chi connectivity index (χ4n) is 2.48. The van der Waals surface area contributed by atoms with Gasteiger partial charge in [-0.25, -0.2) is 0 Å². The minimum Gasteiger partial charge on any atom is -0.314 e. The van der Waals surface area contributed by atoms with E-state index in [0.717, 1.165) is 6.04 Å². The number of rotatable bonds is 1. The second-order valence-electron chi connectivity index (χ2n) is 4.34. The van der Waals surface area contributed by atoms with Crippen LogP contribution in [0.1, 0.15) is 12.8 Å². The molecule has 13 heavy (non-hydrogen) atoms. The number of hydrogen-bond donors (Lipinski definition) is 1. The molecule has 0 aromatic rings. The van der Waals surface area contributed by atoms with Gasteiger partial charge in [0.05, 0.1) is 0 Å². The molecule has 2 rings (SSSR count). The molecule has 0 amide bonds. The van der Waals surface area contributed by atoms with E-state index in [1.54, 1.807) is 0 Å². The van der Waals surface area contributed by atoms with Crippen LogP contribution >= 0.6 is 0 Å². The third kappa shape index (κ3) is 2.42. The number of nitrogens with one attached hydrogen (secondary N) is 1. The van der Waals surface area contributed by atoms with Gasteiger partial charge >= 0.3 is 0 Å². The van der Waals surface area contributed by atoms with Gasteiger partial charge < -0.3 is 10.2 Å². The van der Waals surface area contributed by atoms with Crippen molar-refractivity contribution in [2.24, 2.45) is 0 Å². The summed E-state index contributed by atoms with van der Waals surface area (Å²) in [4.78, 5) is 5.13. The third-order valence-electron chi connectivity index (χ3n) is 3.27. The first-order valence-corrected chi connectivity index (χ1v) is 5.49. The topological polar surface area (TPSA) is 18.5 Å². The summed E-state index contributed by atoms with van der Waals surface area (Å²) in [6, 6.07) is 0.834. The highest BCUT2D eigenvalue weighted by Crippen LogP contribution is 2.14. The van der Waals surface area contributed by atoms with Gasteiger partial charge in [-0.05, 0) is 26.4 Å². The Morgan fingerprint density at radius 1 is 1.15 bits per heavy atom. The van der Waals surface area contributed by atoms with Gasteiger partial charge in [0.2, 0.25) is 0 Å². The van der Waals surface area contributed by atoms with Crippen molar-refractivity contribution >= 4 is 0 Å². The van der Waals surface area contributed by atoms with E-state index in [-0.39, 0.29) is 0 Å². The first kappa shape index (κ1) is 9.44. The highest BCUT2D eigenvalue weighted by atomic mass is 15.2. The Morgan fingerprint density at radius 3 is 2.62 bits per heavy atom. The average Bonchev–Trinajstić information content (AvgIpc) is 2.19. The lowest BCUT2D eigenvalue weighted by Gasteiger charge is -2.39. The number of likely N-dealkylation sites (N-methyl/N-ethyl adjacent to an activating group) is 1. The van der Waals surface area contributed by atoms with Crippen LogP contribution in [0.2, 0.25) is 0 Å². The predicted molar refractivity (Wildman–Crippen MR) is 55.0 cm³/mol. The van der Waals surface area contributed by atoms with Gasteiger partial charge in [-0.15, -0.1) is 0 Å². The summed E-state index contributed by atoms with van der Waals surface area (Å²) in [6.45, 7) is 7.43. The van der Waals surface area contributed by atoms with Gasteiger partial charge in [-0.1, -0.05) is 0 Å². The smallest absolute Gasteiger partial charge is 0.0224 e. The number of piperidine rings is 1. The van der Waals surface area contributed by atoms with Crippen molar-refractivity contribution in [2.75, 3.05) is 46.3 Å². The summed E-state index contributed by atoms with van der Waals surface area (Å²) in [7, 11) is 2.24. The largest absolute Gasteiger partial charge is 0.314 e. The van der Waals surface area contributed by atoms with E-state index in [9.17, 15) is 0 Å². The molecule has 0 aliphatic carbocycles. The van der Waals surface area contributed by atoms with Gasteiger partial charge in [-0.3, -0.25) is 4.90 Å². The second-order valence-corrected chi connectivity index (χ2v) is 4.34. The van der Waals surface area contributed by atoms with E-state index in [2.05, 4.69) is 22.2 Å². The Labute approximate surface area is 81.1 Å². The maximum absolute atomic E-state index is 3.41. The number of hydrogen-bond acceptors (Lipinski definition) is 3. The fraction of sp³-hybridized carbons (Fsp3) is 1.00. The molecule has 1 unspecified atom stereocenters. The lowest BCUT2D eigenvalue weighted by molar-refractivity contribution is 0.101. The van der Waals surface area contributed by atoms with E-state index in [1.165, 1.54) is 52.1 Å². The summed E-state index contributed by atoms with van der Waals surface area (Å²) in [5, 5.41) is 3.41. The van der Waals surface area contributed by atoms with Gasteiger partial charge in [-0.2, -0.15) is 0 Å². The number of nitrogens with zero attached hydrogens (tertiary/aromatic N) is 2. The molecule has 0 radical (unpaired) electrons.